The Morgan fingerprint density at radius 1 is 1.07 bits per heavy atom. The first-order valence-electron chi connectivity index (χ1n) is 8.00. The van der Waals surface area contributed by atoms with Crippen LogP contribution in [0.5, 0.6) is 0 Å². The maximum absolute atomic E-state index is 13.4. The molecule has 0 amide bonds. The predicted molar refractivity (Wildman–Crippen MR) is 107 cm³/mol. The molecule has 4 aromatic rings. The summed E-state index contributed by atoms with van der Waals surface area (Å²) in [4.78, 5) is 4.70. The Kier molecular flexibility index (Phi) is 4.63. The molecule has 8 heteroatoms. The fourth-order valence-electron chi connectivity index (χ4n) is 2.85. The topological polar surface area (TPSA) is 70.8 Å². The molecule has 4 nitrogen and oxygen atoms in total. The lowest BCUT2D eigenvalue weighted by molar-refractivity contribution is 0.598. The average molecular weight is 429 g/mol. The van der Waals surface area contributed by atoms with Gasteiger partial charge in [0.25, 0.3) is 0 Å². The molecule has 0 unspecified atom stereocenters. The Morgan fingerprint density at radius 2 is 1.82 bits per heavy atom. The molecule has 2 aromatic carbocycles. The van der Waals surface area contributed by atoms with Gasteiger partial charge >= 0.3 is 0 Å². The monoisotopic (exact) mass is 428 g/mol. The first kappa shape index (κ1) is 18.6. The van der Waals surface area contributed by atoms with Crippen LogP contribution in [0.1, 0.15) is 5.56 Å². The molecular weight excluding hydrogens is 419 g/mol. The van der Waals surface area contributed by atoms with E-state index in [1.807, 2.05) is 6.07 Å². The van der Waals surface area contributed by atoms with Crippen molar-refractivity contribution in [2.75, 3.05) is 0 Å². The number of hydrogen-bond acceptors (Lipinski definition) is 5. The second-order valence-electron chi connectivity index (χ2n) is 5.90. The zero-order valence-electron chi connectivity index (χ0n) is 14.1. The molecule has 0 fully saturated rings. The predicted octanol–water partition coefficient (Wildman–Crippen LogP) is 5.46. The summed E-state index contributed by atoms with van der Waals surface area (Å²) in [6.07, 6.45) is 0. The van der Waals surface area contributed by atoms with Crippen LogP contribution in [0.15, 0.2) is 69.8 Å². The van der Waals surface area contributed by atoms with Gasteiger partial charge in [-0.1, -0.05) is 29.8 Å². The maximum atomic E-state index is 13.4. The van der Waals surface area contributed by atoms with E-state index >= 15 is 0 Å². The molecule has 0 atom stereocenters. The van der Waals surface area contributed by atoms with Crippen molar-refractivity contribution in [2.45, 2.75) is 9.10 Å². The zero-order valence-corrected chi connectivity index (χ0v) is 16.4. The van der Waals surface area contributed by atoms with Gasteiger partial charge in [-0.05, 0) is 48.0 Å². The Bertz CT molecular complexity index is 1360. The van der Waals surface area contributed by atoms with Crippen LogP contribution in [0.2, 0.25) is 5.15 Å². The molecule has 0 saturated carbocycles. The number of hydrogen-bond donors (Lipinski definition) is 0. The zero-order chi connectivity index (χ0) is 19.9. The second kappa shape index (κ2) is 6.99. The summed E-state index contributed by atoms with van der Waals surface area (Å²) in [6.45, 7) is 0. The lowest BCUT2D eigenvalue weighted by atomic mass is 10.1. The molecule has 0 spiro atoms. The second-order valence-corrected chi connectivity index (χ2v) is 9.43. The highest BCUT2D eigenvalue weighted by molar-refractivity contribution is 7.93. The Labute approximate surface area is 169 Å². The molecule has 2 heterocycles. The number of benzene rings is 2. The van der Waals surface area contributed by atoms with Crippen LogP contribution >= 0.6 is 22.9 Å². The average Bonchev–Trinajstić information content (AvgIpc) is 3.08. The van der Waals surface area contributed by atoms with E-state index in [0.717, 1.165) is 11.3 Å². The summed E-state index contributed by atoms with van der Waals surface area (Å²) >= 11 is 6.97. The first-order chi connectivity index (χ1) is 13.4. The van der Waals surface area contributed by atoms with Crippen LogP contribution < -0.4 is 0 Å². The van der Waals surface area contributed by atoms with E-state index in [9.17, 15) is 12.8 Å². The van der Waals surface area contributed by atoms with E-state index < -0.39 is 15.7 Å². The molecule has 0 aliphatic carbocycles. The van der Waals surface area contributed by atoms with Gasteiger partial charge in [0.1, 0.15) is 20.0 Å². The van der Waals surface area contributed by atoms with E-state index in [4.69, 9.17) is 16.9 Å². The summed E-state index contributed by atoms with van der Waals surface area (Å²) in [6, 6.07) is 16.6. The largest absolute Gasteiger partial charge is 0.225 e. The van der Waals surface area contributed by atoms with Gasteiger partial charge in [-0.2, -0.15) is 5.26 Å². The molecule has 0 N–H and O–H groups in total. The van der Waals surface area contributed by atoms with Crippen molar-refractivity contribution in [1.29, 1.82) is 5.26 Å². The number of fused-ring (bicyclic) bond motifs is 1. The number of nitrogens with zero attached hydrogens (tertiary/aromatic N) is 2. The normalized spacial score (nSPS) is 11.5. The SMILES string of the molecule is N#Cc1cccc(S(=O)(=O)c2sc3nc(Cl)ccc3c2-c2ccc(F)cc2)c1. The van der Waals surface area contributed by atoms with E-state index in [1.54, 1.807) is 12.1 Å². The van der Waals surface area contributed by atoms with Crippen molar-refractivity contribution in [3.05, 3.63) is 77.2 Å². The smallest absolute Gasteiger partial charge is 0.216 e. The van der Waals surface area contributed by atoms with Gasteiger partial charge in [-0.25, -0.2) is 17.8 Å². The summed E-state index contributed by atoms with van der Waals surface area (Å²) < 4.78 is 40.2. The summed E-state index contributed by atoms with van der Waals surface area (Å²) in [5, 5.41) is 9.95. The van der Waals surface area contributed by atoms with Crippen LogP contribution in [0, 0.1) is 17.1 Å². The van der Waals surface area contributed by atoms with Gasteiger partial charge in [0.05, 0.1) is 16.5 Å². The van der Waals surface area contributed by atoms with E-state index in [0.29, 0.717) is 21.3 Å². The van der Waals surface area contributed by atoms with Crippen LogP contribution in [0.4, 0.5) is 4.39 Å². The Hall–Kier alpha value is -2.79. The highest BCUT2D eigenvalue weighted by atomic mass is 35.5. The van der Waals surface area contributed by atoms with Crippen molar-refractivity contribution in [3.8, 4) is 17.2 Å². The molecule has 0 bridgehead atoms. The standard InChI is InChI=1S/C20H10ClFN2O2S2/c21-17-9-8-16-18(13-4-6-14(22)7-5-13)20(27-19(16)24-17)28(25,26)15-3-1-2-12(10-15)11-23/h1-10H. The third kappa shape index (κ3) is 3.16. The molecule has 0 aliphatic heterocycles. The number of halogens is 2. The van der Waals surface area contributed by atoms with Gasteiger partial charge in [-0.15, -0.1) is 11.3 Å². The third-order valence-electron chi connectivity index (χ3n) is 4.14. The Morgan fingerprint density at radius 3 is 2.54 bits per heavy atom. The minimum atomic E-state index is -3.94. The highest BCUT2D eigenvalue weighted by Gasteiger charge is 2.27. The molecule has 2 aromatic heterocycles. The van der Waals surface area contributed by atoms with Crippen molar-refractivity contribution >= 4 is 43.0 Å². The van der Waals surface area contributed by atoms with Crippen LogP contribution in [0.3, 0.4) is 0 Å². The van der Waals surface area contributed by atoms with Crippen molar-refractivity contribution in [3.63, 3.8) is 0 Å². The van der Waals surface area contributed by atoms with Crippen molar-refractivity contribution in [1.82, 2.24) is 4.98 Å². The van der Waals surface area contributed by atoms with E-state index in [-0.39, 0.29) is 19.8 Å². The molecular formula is C20H10ClFN2O2S2. The molecule has 0 radical (unpaired) electrons. The van der Waals surface area contributed by atoms with Crippen LogP contribution in [-0.4, -0.2) is 13.4 Å². The quantitative estimate of drug-likeness (QED) is 0.406. The molecule has 138 valence electrons. The number of rotatable bonds is 3. The molecule has 28 heavy (non-hydrogen) atoms. The van der Waals surface area contributed by atoms with E-state index in [2.05, 4.69) is 4.98 Å². The number of sulfone groups is 1. The number of thiophene rings is 1. The van der Waals surface area contributed by atoms with Gasteiger partial charge in [-0.3, -0.25) is 0 Å². The van der Waals surface area contributed by atoms with Gasteiger partial charge < -0.3 is 0 Å². The van der Waals surface area contributed by atoms with Crippen molar-refractivity contribution < 1.29 is 12.8 Å². The molecule has 4 rings (SSSR count). The first-order valence-corrected chi connectivity index (χ1v) is 10.7. The summed E-state index contributed by atoms with van der Waals surface area (Å²) in [5.41, 5.74) is 1.23. The number of nitriles is 1. The summed E-state index contributed by atoms with van der Waals surface area (Å²) in [5.74, 6) is -0.421. The van der Waals surface area contributed by atoms with Gasteiger partial charge in [0.15, 0.2) is 0 Å². The van der Waals surface area contributed by atoms with Gasteiger partial charge in [0, 0.05) is 10.9 Å². The van der Waals surface area contributed by atoms with Crippen molar-refractivity contribution in [2.24, 2.45) is 0 Å². The minimum absolute atomic E-state index is 0.00700. The third-order valence-corrected chi connectivity index (χ3v) is 7.72. The Balaban J connectivity index is 2.04. The van der Waals surface area contributed by atoms with Crippen LogP contribution in [0.25, 0.3) is 21.3 Å². The summed E-state index contributed by atoms with van der Waals surface area (Å²) in [7, 11) is -3.94. The molecule has 0 saturated heterocycles. The van der Waals surface area contributed by atoms with Crippen LogP contribution in [-0.2, 0) is 9.84 Å². The fraction of sp³-hybridized carbons (Fsp3) is 0. The minimum Gasteiger partial charge on any atom is -0.225 e. The lowest BCUT2D eigenvalue weighted by Gasteiger charge is -2.07. The fourth-order valence-corrected chi connectivity index (χ4v) is 6.20. The number of aromatic nitrogens is 1. The van der Waals surface area contributed by atoms with E-state index in [1.165, 1.54) is 48.5 Å². The maximum Gasteiger partial charge on any atom is 0.216 e. The number of pyridine rings is 1. The van der Waals surface area contributed by atoms with Gasteiger partial charge in [0.2, 0.25) is 9.84 Å². The highest BCUT2D eigenvalue weighted by Crippen LogP contribution is 2.43. The lowest BCUT2D eigenvalue weighted by Crippen LogP contribution is -2.01. The molecule has 0 aliphatic rings.